The number of aromatic nitrogens is 2. The zero-order valence-corrected chi connectivity index (χ0v) is 12.4. The van der Waals surface area contributed by atoms with E-state index in [2.05, 4.69) is 15.3 Å². The topological polar surface area (TPSA) is 93.3 Å². The number of nitrogens with two attached hydrogens (primary N) is 1. The average Bonchev–Trinajstić information content (AvgIpc) is 2.41. The third-order valence-corrected chi connectivity index (χ3v) is 3.73. The minimum atomic E-state index is -0.734. The summed E-state index contributed by atoms with van der Waals surface area (Å²) in [6, 6.07) is 0. The third kappa shape index (κ3) is 3.37. The van der Waals surface area contributed by atoms with Crippen LogP contribution in [-0.4, -0.2) is 40.4 Å². The molecule has 1 aromatic heterocycles. The first-order valence-corrected chi connectivity index (χ1v) is 7.09. The molecule has 1 aromatic rings. The van der Waals surface area contributed by atoms with E-state index in [9.17, 15) is 5.11 Å². The highest BCUT2D eigenvalue weighted by atomic mass is 16.5. The van der Waals surface area contributed by atoms with Crippen molar-refractivity contribution in [2.24, 2.45) is 0 Å². The summed E-state index contributed by atoms with van der Waals surface area (Å²) in [6.07, 6.45) is 1.27. The first-order valence-electron chi connectivity index (χ1n) is 7.09. The van der Waals surface area contributed by atoms with E-state index < -0.39 is 5.60 Å². The molecule has 1 saturated heterocycles. The van der Waals surface area contributed by atoms with Gasteiger partial charge in [-0.15, -0.1) is 0 Å². The molecule has 1 fully saturated rings. The van der Waals surface area contributed by atoms with Gasteiger partial charge >= 0.3 is 0 Å². The fraction of sp³-hybridized carbons (Fsp3) is 0.714. The monoisotopic (exact) mass is 280 g/mol. The van der Waals surface area contributed by atoms with Gasteiger partial charge in [0.05, 0.1) is 5.60 Å². The Morgan fingerprint density at radius 3 is 2.60 bits per heavy atom. The molecule has 0 aromatic carbocycles. The molecule has 1 aliphatic heterocycles. The quantitative estimate of drug-likeness (QED) is 0.773. The van der Waals surface area contributed by atoms with E-state index in [0.29, 0.717) is 44.2 Å². The standard InChI is InChI=1S/C14H24N4O2/c1-9(2)12-17-11(15)10(3)13(18-12)16-8-14(19)4-6-20-7-5-14/h9,19H,4-8H2,1-3H3,(H3,15,16,17,18). The Morgan fingerprint density at radius 1 is 1.35 bits per heavy atom. The van der Waals surface area contributed by atoms with Gasteiger partial charge in [0.15, 0.2) is 0 Å². The van der Waals surface area contributed by atoms with Crippen LogP contribution in [0.4, 0.5) is 11.6 Å². The molecule has 1 aliphatic rings. The smallest absolute Gasteiger partial charge is 0.135 e. The van der Waals surface area contributed by atoms with Gasteiger partial charge in [0, 0.05) is 44.1 Å². The largest absolute Gasteiger partial charge is 0.388 e. The molecule has 0 unspecified atom stereocenters. The second-order valence-electron chi connectivity index (χ2n) is 5.79. The van der Waals surface area contributed by atoms with Crippen molar-refractivity contribution in [3.05, 3.63) is 11.4 Å². The lowest BCUT2D eigenvalue weighted by Crippen LogP contribution is -2.42. The minimum Gasteiger partial charge on any atom is -0.388 e. The third-order valence-electron chi connectivity index (χ3n) is 3.73. The Hall–Kier alpha value is -1.40. The molecule has 6 heteroatoms. The fourth-order valence-corrected chi connectivity index (χ4v) is 2.16. The van der Waals surface area contributed by atoms with Crippen LogP contribution in [0.3, 0.4) is 0 Å². The Morgan fingerprint density at radius 2 is 2.00 bits per heavy atom. The van der Waals surface area contributed by atoms with Crippen LogP contribution in [0, 0.1) is 6.92 Å². The van der Waals surface area contributed by atoms with Crippen molar-refractivity contribution in [2.75, 3.05) is 30.8 Å². The highest BCUT2D eigenvalue weighted by Crippen LogP contribution is 2.24. The minimum absolute atomic E-state index is 0.213. The summed E-state index contributed by atoms with van der Waals surface area (Å²) in [5.41, 5.74) is 6.02. The molecule has 0 saturated carbocycles. The summed E-state index contributed by atoms with van der Waals surface area (Å²) in [7, 11) is 0. The van der Waals surface area contributed by atoms with Gasteiger partial charge in [-0.25, -0.2) is 9.97 Å². The molecule has 0 aliphatic carbocycles. The van der Waals surface area contributed by atoms with Gasteiger partial charge in [-0.1, -0.05) is 13.8 Å². The number of anilines is 2. The van der Waals surface area contributed by atoms with Crippen LogP contribution in [-0.2, 0) is 4.74 Å². The summed E-state index contributed by atoms with van der Waals surface area (Å²) in [6.45, 7) is 7.58. The predicted molar refractivity (Wildman–Crippen MR) is 78.8 cm³/mol. The number of ether oxygens (including phenoxy) is 1. The van der Waals surface area contributed by atoms with Crippen molar-refractivity contribution in [1.29, 1.82) is 0 Å². The van der Waals surface area contributed by atoms with Crippen LogP contribution in [0.1, 0.15) is 44.0 Å². The molecule has 0 atom stereocenters. The van der Waals surface area contributed by atoms with E-state index >= 15 is 0 Å². The fourth-order valence-electron chi connectivity index (χ4n) is 2.16. The molecular weight excluding hydrogens is 256 g/mol. The van der Waals surface area contributed by atoms with Crippen molar-refractivity contribution >= 4 is 11.6 Å². The van der Waals surface area contributed by atoms with E-state index in [4.69, 9.17) is 10.5 Å². The average molecular weight is 280 g/mol. The van der Waals surface area contributed by atoms with E-state index in [1.807, 2.05) is 20.8 Å². The van der Waals surface area contributed by atoms with E-state index in [1.165, 1.54) is 0 Å². The summed E-state index contributed by atoms with van der Waals surface area (Å²) in [5, 5.41) is 13.7. The van der Waals surface area contributed by atoms with Crippen LogP contribution in [0.25, 0.3) is 0 Å². The number of nitrogens with one attached hydrogen (secondary N) is 1. The highest BCUT2D eigenvalue weighted by molar-refractivity contribution is 5.55. The lowest BCUT2D eigenvalue weighted by molar-refractivity contribution is -0.0543. The summed E-state index contributed by atoms with van der Waals surface area (Å²) >= 11 is 0. The first kappa shape index (κ1) is 15.0. The first-order chi connectivity index (χ1) is 9.41. The Kier molecular flexibility index (Phi) is 4.45. The number of aliphatic hydroxyl groups is 1. The van der Waals surface area contributed by atoms with Crippen LogP contribution in [0.5, 0.6) is 0 Å². The normalized spacial score (nSPS) is 18.2. The van der Waals surface area contributed by atoms with Crippen molar-refractivity contribution in [1.82, 2.24) is 9.97 Å². The summed E-state index contributed by atoms with van der Waals surface area (Å²) < 4.78 is 5.28. The lowest BCUT2D eigenvalue weighted by Gasteiger charge is -2.32. The van der Waals surface area contributed by atoms with E-state index in [1.54, 1.807) is 0 Å². The molecule has 0 spiro atoms. The molecule has 2 rings (SSSR count). The van der Waals surface area contributed by atoms with Gasteiger partial charge in [-0.2, -0.15) is 0 Å². The molecule has 112 valence electrons. The van der Waals surface area contributed by atoms with Gasteiger partial charge in [0.25, 0.3) is 0 Å². The second-order valence-corrected chi connectivity index (χ2v) is 5.79. The summed E-state index contributed by atoms with van der Waals surface area (Å²) in [4.78, 5) is 8.79. The highest BCUT2D eigenvalue weighted by Gasteiger charge is 2.29. The molecular formula is C14H24N4O2. The summed E-state index contributed by atoms with van der Waals surface area (Å²) in [5.74, 6) is 2.13. The van der Waals surface area contributed by atoms with Crippen LogP contribution in [0.15, 0.2) is 0 Å². The molecule has 0 amide bonds. The Balaban J connectivity index is 2.12. The van der Waals surface area contributed by atoms with Gasteiger partial charge in [0.2, 0.25) is 0 Å². The van der Waals surface area contributed by atoms with Crippen molar-refractivity contribution in [3.63, 3.8) is 0 Å². The molecule has 20 heavy (non-hydrogen) atoms. The van der Waals surface area contributed by atoms with Crippen LogP contribution < -0.4 is 11.1 Å². The molecule has 6 nitrogen and oxygen atoms in total. The molecule has 4 N–H and O–H groups in total. The van der Waals surface area contributed by atoms with Gasteiger partial charge in [0.1, 0.15) is 17.5 Å². The van der Waals surface area contributed by atoms with Crippen molar-refractivity contribution in [2.45, 2.75) is 45.1 Å². The predicted octanol–water partition coefficient (Wildman–Crippen LogP) is 1.44. The zero-order valence-electron chi connectivity index (χ0n) is 12.4. The van der Waals surface area contributed by atoms with E-state index in [-0.39, 0.29) is 5.92 Å². The van der Waals surface area contributed by atoms with E-state index in [0.717, 1.165) is 11.4 Å². The number of hydrogen-bond acceptors (Lipinski definition) is 6. The number of hydrogen-bond donors (Lipinski definition) is 3. The molecule has 0 radical (unpaired) electrons. The maximum atomic E-state index is 10.5. The number of rotatable bonds is 4. The number of nitrogen functional groups attached to an aromatic ring is 1. The number of nitrogens with zero attached hydrogens (tertiary/aromatic N) is 2. The zero-order chi connectivity index (χ0) is 14.8. The second kappa shape index (κ2) is 5.93. The van der Waals surface area contributed by atoms with Gasteiger partial charge in [-0.3, -0.25) is 0 Å². The van der Waals surface area contributed by atoms with Crippen LogP contribution in [0.2, 0.25) is 0 Å². The van der Waals surface area contributed by atoms with Crippen molar-refractivity contribution in [3.8, 4) is 0 Å². The molecule has 2 heterocycles. The van der Waals surface area contributed by atoms with Gasteiger partial charge < -0.3 is 20.9 Å². The maximum Gasteiger partial charge on any atom is 0.135 e. The van der Waals surface area contributed by atoms with Gasteiger partial charge in [-0.05, 0) is 6.92 Å². The Bertz CT molecular complexity index is 470. The van der Waals surface area contributed by atoms with Crippen molar-refractivity contribution < 1.29 is 9.84 Å². The lowest BCUT2D eigenvalue weighted by atomic mass is 9.94. The maximum absolute atomic E-state index is 10.5. The Labute approximate surface area is 119 Å². The SMILES string of the molecule is Cc1c(N)nc(C(C)C)nc1NCC1(O)CCOCC1. The molecule has 0 bridgehead atoms. The van der Waals surface area contributed by atoms with Crippen LogP contribution >= 0.6 is 0 Å².